The summed E-state index contributed by atoms with van der Waals surface area (Å²) in [5.41, 5.74) is 2.35. The zero-order valence-electron chi connectivity index (χ0n) is 14.6. The lowest BCUT2D eigenvalue weighted by atomic mass is 10.2. The van der Waals surface area contributed by atoms with Crippen molar-refractivity contribution in [2.45, 2.75) is 26.8 Å². The molecule has 1 aromatic carbocycles. The van der Waals surface area contributed by atoms with Crippen molar-refractivity contribution in [3.63, 3.8) is 0 Å². The van der Waals surface area contributed by atoms with Crippen molar-refractivity contribution in [2.24, 2.45) is 0 Å². The van der Waals surface area contributed by atoms with E-state index >= 15 is 0 Å². The smallest absolute Gasteiger partial charge is 0.257 e. The van der Waals surface area contributed by atoms with E-state index in [1.54, 1.807) is 30.5 Å². The lowest BCUT2D eigenvalue weighted by Crippen LogP contribution is -2.11. The molecule has 0 saturated carbocycles. The normalized spacial score (nSPS) is 11.4. The van der Waals surface area contributed by atoms with Gasteiger partial charge in [0.15, 0.2) is 10.8 Å². The molecule has 7 nitrogen and oxygen atoms in total. The highest BCUT2D eigenvalue weighted by molar-refractivity contribution is 7.18. The number of anilines is 1. The molecule has 3 heterocycles. The van der Waals surface area contributed by atoms with E-state index in [9.17, 15) is 4.79 Å². The van der Waals surface area contributed by atoms with Crippen LogP contribution in [0.4, 0.5) is 5.13 Å². The molecule has 0 aliphatic rings. The number of fused-ring (bicyclic) bond motifs is 1. The summed E-state index contributed by atoms with van der Waals surface area (Å²) >= 11 is 1.26. The van der Waals surface area contributed by atoms with Crippen molar-refractivity contribution in [1.29, 1.82) is 0 Å². The Bertz CT molecular complexity index is 1080. The Kier molecular flexibility index (Phi) is 4.04. The SMILES string of the molecule is Cc1nc2cc(C(=O)Nc3nnc(-c4ccco4)s3)ccc2n1C(C)C. The fourth-order valence-electron chi connectivity index (χ4n) is 2.96. The van der Waals surface area contributed by atoms with Crippen LogP contribution in [0.1, 0.15) is 36.1 Å². The molecule has 0 fully saturated rings. The van der Waals surface area contributed by atoms with Gasteiger partial charge in [0, 0.05) is 11.6 Å². The molecule has 1 N–H and O–H groups in total. The van der Waals surface area contributed by atoms with Crippen molar-refractivity contribution in [2.75, 3.05) is 5.32 Å². The highest BCUT2D eigenvalue weighted by Gasteiger charge is 2.15. The maximum absolute atomic E-state index is 12.5. The molecule has 0 aliphatic heterocycles. The predicted molar refractivity (Wildman–Crippen MR) is 100 cm³/mol. The van der Waals surface area contributed by atoms with Gasteiger partial charge >= 0.3 is 0 Å². The van der Waals surface area contributed by atoms with E-state index < -0.39 is 0 Å². The highest BCUT2D eigenvalue weighted by atomic mass is 32.1. The second kappa shape index (κ2) is 6.38. The van der Waals surface area contributed by atoms with E-state index in [1.807, 2.05) is 13.0 Å². The number of imidazole rings is 1. The van der Waals surface area contributed by atoms with Crippen LogP contribution in [0, 0.1) is 6.92 Å². The monoisotopic (exact) mass is 367 g/mol. The average Bonchev–Trinajstić information content (AvgIpc) is 3.32. The van der Waals surface area contributed by atoms with Crippen molar-refractivity contribution in [3.8, 4) is 10.8 Å². The second-order valence-corrected chi connectivity index (χ2v) is 7.15. The van der Waals surface area contributed by atoms with Gasteiger partial charge in [0.25, 0.3) is 5.91 Å². The molecule has 3 aromatic heterocycles. The summed E-state index contributed by atoms with van der Waals surface area (Å²) in [5, 5.41) is 11.9. The van der Waals surface area contributed by atoms with Crippen LogP contribution in [0.3, 0.4) is 0 Å². The number of amides is 1. The third-order valence-corrected chi connectivity index (χ3v) is 4.88. The minimum absolute atomic E-state index is 0.245. The van der Waals surface area contributed by atoms with Gasteiger partial charge in [-0.3, -0.25) is 10.1 Å². The van der Waals surface area contributed by atoms with Crippen LogP contribution >= 0.6 is 11.3 Å². The molecular weight excluding hydrogens is 350 g/mol. The van der Waals surface area contributed by atoms with Gasteiger partial charge in [-0.1, -0.05) is 11.3 Å². The van der Waals surface area contributed by atoms with E-state index in [0.717, 1.165) is 16.9 Å². The summed E-state index contributed by atoms with van der Waals surface area (Å²) in [6.07, 6.45) is 1.57. The van der Waals surface area contributed by atoms with Crippen LogP contribution in [-0.4, -0.2) is 25.7 Å². The lowest BCUT2D eigenvalue weighted by molar-refractivity contribution is 0.102. The molecule has 8 heteroatoms. The maximum Gasteiger partial charge on any atom is 0.257 e. The van der Waals surface area contributed by atoms with E-state index in [2.05, 4.69) is 38.9 Å². The molecule has 0 unspecified atom stereocenters. The average molecular weight is 367 g/mol. The number of hydrogen-bond acceptors (Lipinski definition) is 6. The van der Waals surface area contributed by atoms with Gasteiger partial charge in [0.1, 0.15) is 5.82 Å². The number of carbonyl (C=O) groups is 1. The Morgan fingerprint density at radius 2 is 2.12 bits per heavy atom. The molecule has 132 valence electrons. The Morgan fingerprint density at radius 1 is 1.27 bits per heavy atom. The Hall–Kier alpha value is -3.00. The number of rotatable bonds is 4. The standard InChI is InChI=1S/C18H17N5O2S/c1-10(2)23-11(3)19-13-9-12(6-7-14(13)23)16(24)20-18-22-21-17(26-18)15-5-4-8-25-15/h4-10H,1-3H3,(H,20,22,24). The van der Waals surface area contributed by atoms with Gasteiger partial charge in [-0.2, -0.15) is 0 Å². The molecule has 26 heavy (non-hydrogen) atoms. The third-order valence-electron chi connectivity index (χ3n) is 4.02. The third kappa shape index (κ3) is 2.88. The first-order valence-corrected chi connectivity index (χ1v) is 9.02. The molecule has 0 saturated heterocycles. The fourth-order valence-corrected chi connectivity index (χ4v) is 3.66. The maximum atomic E-state index is 12.5. The number of aromatic nitrogens is 4. The molecule has 4 rings (SSSR count). The second-order valence-electron chi connectivity index (χ2n) is 6.17. The first-order chi connectivity index (χ1) is 12.5. The topological polar surface area (TPSA) is 85.8 Å². The van der Waals surface area contributed by atoms with Crippen LogP contribution in [0.25, 0.3) is 21.8 Å². The first-order valence-electron chi connectivity index (χ1n) is 8.20. The molecule has 0 spiro atoms. The summed E-state index contributed by atoms with van der Waals surface area (Å²) in [6.45, 7) is 6.19. The van der Waals surface area contributed by atoms with Gasteiger partial charge in [-0.25, -0.2) is 4.98 Å². The predicted octanol–water partition coefficient (Wildman–Crippen LogP) is 4.29. The molecule has 4 aromatic rings. The van der Waals surface area contributed by atoms with Crippen LogP contribution < -0.4 is 5.32 Å². The quantitative estimate of drug-likeness (QED) is 0.581. The number of hydrogen-bond donors (Lipinski definition) is 1. The molecule has 1 amide bonds. The molecular formula is C18H17N5O2S. The van der Waals surface area contributed by atoms with Gasteiger partial charge < -0.3 is 8.98 Å². The minimum atomic E-state index is -0.245. The zero-order chi connectivity index (χ0) is 18.3. The number of carbonyl (C=O) groups excluding carboxylic acids is 1. The summed E-state index contributed by atoms with van der Waals surface area (Å²) < 4.78 is 7.44. The molecule has 0 atom stereocenters. The van der Waals surface area contributed by atoms with Gasteiger partial charge in [0.2, 0.25) is 5.13 Å². The lowest BCUT2D eigenvalue weighted by Gasteiger charge is -2.10. The molecule has 0 radical (unpaired) electrons. The number of nitrogens with zero attached hydrogens (tertiary/aromatic N) is 4. The summed E-state index contributed by atoms with van der Waals surface area (Å²) in [7, 11) is 0. The largest absolute Gasteiger partial charge is 0.462 e. The summed E-state index contributed by atoms with van der Waals surface area (Å²) in [4.78, 5) is 17.1. The fraction of sp³-hybridized carbons (Fsp3) is 0.222. The Balaban J connectivity index is 1.58. The van der Waals surface area contributed by atoms with Crippen LogP contribution in [0.5, 0.6) is 0 Å². The van der Waals surface area contributed by atoms with Crippen LogP contribution in [-0.2, 0) is 0 Å². The Morgan fingerprint density at radius 3 is 2.85 bits per heavy atom. The van der Waals surface area contributed by atoms with Gasteiger partial charge in [0.05, 0.1) is 17.3 Å². The van der Waals surface area contributed by atoms with Crippen molar-refractivity contribution >= 4 is 33.4 Å². The van der Waals surface area contributed by atoms with Crippen molar-refractivity contribution in [3.05, 3.63) is 48.0 Å². The minimum Gasteiger partial charge on any atom is -0.462 e. The van der Waals surface area contributed by atoms with Gasteiger partial charge in [-0.15, -0.1) is 10.2 Å². The van der Waals surface area contributed by atoms with Crippen LogP contribution in [0.15, 0.2) is 41.0 Å². The summed E-state index contributed by atoms with van der Waals surface area (Å²) in [5.74, 6) is 1.31. The van der Waals surface area contributed by atoms with E-state index in [0.29, 0.717) is 27.5 Å². The summed E-state index contributed by atoms with van der Waals surface area (Å²) in [6, 6.07) is 9.41. The Labute approximate surface area is 153 Å². The van der Waals surface area contributed by atoms with E-state index in [4.69, 9.17) is 4.42 Å². The van der Waals surface area contributed by atoms with Crippen molar-refractivity contribution < 1.29 is 9.21 Å². The van der Waals surface area contributed by atoms with Crippen LogP contribution in [0.2, 0.25) is 0 Å². The van der Waals surface area contributed by atoms with Gasteiger partial charge in [-0.05, 0) is 51.1 Å². The highest BCUT2D eigenvalue weighted by Crippen LogP contribution is 2.27. The zero-order valence-corrected chi connectivity index (χ0v) is 15.4. The first kappa shape index (κ1) is 16.5. The molecule has 0 aliphatic carbocycles. The number of benzene rings is 1. The number of nitrogens with one attached hydrogen (secondary N) is 1. The van der Waals surface area contributed by atoms with E-state index in [-0.39, 0.29) is 5.91 Å². The number of aryl methyl sites for hydroxylation is 1. The number of furan rings is 1. The molecule has 0 bridgehead atoms. The van der Waals surface area contributed by atoms with E-state index in [1.165, 1.54) is 11.3 Å². The van der Waals surface area contributed by atoms with Crippen molar-refractivity contribution in [1.82, 2.24) is 19.7 Å².